The first-order valence-corrected chi connectivity index (χ1v) is 8.65. The van der Waals surface area contributed by atoms with Crippen molar-refractivity contribution in [3.05, 3.63) is 18.2 Å². The van der Waals surface area contributed by atoms with E-state index in [1.165, 1.54) is 20.0 Å². The molecule has 1 aliphatic rings. The number of benzene rings is 1. The quantitative estimate of drug-likeness (QED) is 0.789. The monoisotopic (exact) mass is 310 g/mol. The van der Waals surface area contributed by atoms with E-state index in [-0.39, 0.29) is 11.7 Å². The van der Waals surface area contributed by atoms with Crippen molar-refractivity contribution in [3.8, 4) is 5.75 Å². The third kappa shape index (κ3) is 4.74. The van der Waals surface area contributed by atoms with Crippen molar-refractivity contribution in [3.63, 3.8) is 0 Å². The van der Waals surface area contributed by atoms with Crippen LogP contribution in [-0.4, -0.2) is 28.7 Å². The summed E-state index contributed by atoms with van der Waals surface area (Å²) in [5.74, 6) is 1.43. The Morgan fingerprint density at radius 1 is 1.43 bits per heavy atom. The number of hydrogen-bond donors (Lipinski definition) is 2. The van der Waals surface area contributed by atoms with Gasteiger partial charge < -0.3 is 15.8 Å². The van der Waals surface area contributed by atoms with Gasteiger partial charge in [0.15, 0.2) is 0 Å². The predicted molar refractivity (Wildman–Crippen MR) is 85.9 cm³/mol. The number of anilines is 2. The average molecular weight is 310 g/mol. The van der Waals surface area contributed by atoms with Crippen LogP contribution in [0.25, 0.3) is 0 Å². The molecule has 1 amide bonds. The Morgan fingerprint density at radius 3 is 2.81 bits per heavy atom. The van der Waals surface area contributed by atoms with Crippen LogP contribution >= 0.6 is 0 Å². The Bertz CT molecular complexity index is 528. The van der Waals surface area contributed by atoms with Crippen LogP contribution < -0.4 is 15.8 Å². The van der Waals surface area contributed by atoms with Crippen LogP contribution in [0.4, 0.5) is 11.4 Å². The topological polar surface area (TPSA) is 81.4 Å². The van der Waals surface area contributed by atoms with Gasteiger partial charge in [-0.2, -0.15) is 0 Å². The van der Waals surface area contributed by atoms with Crippen LogP contribution in [0.3, 0.4) is 0 Å². The number of nitrogens with one attached hydrogen (secondary N) is 1. The Morgan fingerprint density at radius 2 is 2.14 bits per heavy atom. The molecular weight excluding hydrogens is 288 g/mol. The first-order chi connectivity index (χ1) is 10.1. The zero-order valence-corrected chi connectivity index (χ0v) is 13.1. The highest BCUT2D eigenvalue weighted by atomic mass is 32.2. The minimum Gasteiger partial charge on any atom is -0.494 e. The molecule has 2 rings (SSSR count). The third-order valence-electron chi connectivity index (χ3n) is 3.69. The molecule has 3 N–H and O–H groups in total. The summed E-state index contributed by atoms with van der Waals surface area (Å²) in [6.07, 6.45) is 4.71. The second-order valence-electron chi connectivity index (χ2n) is 5.41. The highest BCUT2D eigenvalue weighted by Gasteiger charge is 2.19. The summed E-state index contributed by atoms with van der Waals surface area (Å²) in [5.41, 5.74) is 6.78. The van der Waals surface area contributed by atoms with Crippen molar-refractivity contribution in [1.29, 1.82) is 0 Å². The summed E-state index contributed by atoms with van der Waals surface area (Å²) < 4.78 is 17.2. The number of hydrogen-bond acceptors (Lipinski definition) is 4. The number of carbonyl (C=O) groups excluding carboxylic acids is 1. The number of carbonyl (C=O) groups is 1. The molecule has 1 aromatic carbocycles. The minimum atomic E-state index is -1.10. The van der Waals surface area contributed by atoms with Crippen LogP contribution in [0.15, 0.2) is 18.2 Å². The van der Waals surface area contributed by atoms with Crippen molar-refractivity contribution < 1.29 is 13.7 Å². The van der Waals surface area contributed by atoms with Crippen LogP contribution in [0.5, 0.6) is 5.75 Å². The fourth-order valence-electron chi connectivity index (χ4n) is 2.64. The van der Waals surface area contributed by atoms with E-state index in [9.17, 15) is 9.00 Å². The first-order valence-electron chi connectivity index (χ1n) is 7.17. The standard InChI is InChI=1S/C15H22N2O3S/c1-20-14-8-12(16)6-7-13(14)17-15(18)10-21(19)9-11-4-2-3-5-11/h6-8,11H,2-5,9-10,16H2,1H3,(H,17,18). The van der Waals surface area contributed by atoms with Gasteiger partial charge in [-0.1, -0.05) is 12.8 Å². The van der Waals surface area contributed by atoms with Crippen molar-refractivity contribution in [2.45, 2.75) is 25.7 Å². The molecule has 1 unspecified atom stereocenters. The van der Waals surface area contributed by atoms with Gasteiger partial charge in [0.2, 0.25) is 5.91 Å². The van der Waals surface area contributed by atoms with Crippen LogP contribution in [-0.2, 0) is 15.6 Å². The number of nitrogen functional groups attached to an aromatic ring is 1. The maximum absolute atomic E-state index is 12.0. The van der Waals surface area contributed by atoms with E-state index in [4.69, 9.17) is 10.5 Å². The molecule has 1 aliphatic carbocycles. The molecule has 0 aromatic heterocycles. The van der Waals surface area contributed by atoms with Gasteiger partial charge in [-0.15, -0.1) is 0 Å². The Hall–Kier alpha value is -1.56. The largest absolute Gasteiger partial charge is 0.494 e. The van der Waals surface area contributed by atoms with Gasteiger partial charge in [0, 0.05) is 28.3 Å². The number of ether oxygens (including phenoxy) is 1. The molecule has 0 saturated heterocycles. The van der Waals surface area contributed by atoms with Gasteiger partial charge in [-0.25, -0.2) is 0 Å². The Labute approximate surface area is 127 Å². The van der Waals surface area contributed by atoms with Crippen LogP contribution in [0.2, 0.25) is 0 Å². The second-order valence-corrected chi connectivity index (χ2v) is 6.91. The molecule has 21 heavy (non-hydrogen) atoms. The molecular formula is C15H22N2O3S. The van der Waals surface area contributed by atoms with E-state index in [1.807, 2.05) is 0 Å². The van der Waals surface area contributed by atoms with Crippen molar-refractivity contribution in [2.24, 2.45) is 5.92 Å². The SMILES string of the molecule is COc1cc(N)ccc1NC(=O)CS(=O)CC1CCCC1. The van der Waals surface area contributed by atoms with E-state index in [0.717, 1.165) is 12.8 Å². The van der Waals surface area contributed by atoms with Crippen LogP contribution in [0, 0.1) is 5.92 Å². The summed E-state index contributed by atoms with van der Waals surface area (Å²) >= 11 is 0. The molecule has 0 heterocycles. The normalized spacial score (nSPS) is 16.6. The molecule has 0 radical (unpaired) electrons. The second kappa shape index (κ2) is 7.45. The lowest BCUT2D eigenvalue weighted by molar-refractivity contribution is -0.113. The number of methoxy groups -OCH3 is 1. The summed E-state index contributed by atoms with van der Waals surface area (Å²) in [6, 6.07) is 5.02. The van der Waals surface area contributed by atoms with Gasteiger partial charge >= 0.3 is 0 Å². The maximum Gasteiger partial charge on any atom is 0.237 e. The summed E-state index contributed by atoms with van der Waals surface area (Å²) in [6.45, 7) is 0. The lowest BCUT2D eigenvalue weighted by Crippen LogP contribution is -2.23. The van der Waals surface area contributed by atoms with Crippen molar-refractivity contribution in [1.82, 2.24) is 0 Å². The Kier molecular flexibility index (Phi) is 5.61. The van der Waals surface area contributed by atoms with Crippen molar-refractivity contribution >= 4 is 28.1 Å². The van der Waals surface area contributed by atoms with Gasteiger partial charge in [0.25, 0.3) is 0 Å². The zero-order chi connectivity index (χ0) is 15.2. The highest BCUT2D eigenvalue weighted by Crippen LogP contribution is 2.27. The van der Waals surface area contributed by atoms with Gasteiger partial charge in [0.05, 0.1) is 12.8 Å². The summed E-state index contributed by atoms with van der Waals surface area (Å²) in [4.78, 5) is 12.0. The molecule has 1 fully saturated rings. The molecule has 0 spiro atoms. The molecule has 1 saturated carbocycles. The highest BCUT2D eigenvalue weighted by molar-refractivity contribution is 7.85. The molecule has 6 heteroatoms. The maximum atomic E-state index is 12.0. The van der Waals surface area contributed by atoms with E-state index >= 15 is 0 Å². The first kappa shape index (κ1) is 15.8. The smallest absolute Gasteiger partial charge is 0.237 e. The molecule has 1 atom stereocenters. The number of nitrogens with two attached hydrogens (primary N) is 1. The lowest BCUT2D eigenvalue weighted by atomic mass is 10.1. The van der Waals surface area contributed by atoms with Gasteiger partial charge in [0.1, 0.15) is 11.5 Å². The number of rotatable bonds is 6. The predicted octanol–water partition coefficient (Wildman–Crippen LogP) is 2.15. The van der Waals surface area contributed by atoms with E-state index in [0.29, 0.717) is 28.8 Å². The summed E-state index contributed by atoms with van der Waals surface area (Å²) in [7, 11) is 0.412. The Balaban J connectivity index is 1.87. The van der Waals surface area contributed by atoms with E-state index in [2.05, 4.69) is 5.32 Å². The van der Waals surface area contributed by atoms with Crippen molar-refractivity contribution in [2.75, 3.05) is 29.7 Å². The number of amides is 1. The van der Waals surface area contributed by atoms with Gasteiger partial charge in [-0.3, -0.25) is 9.00 Å². The fourth-order valence-corrected chi connectivity index (χ4v) is 3.98. The molecule has 0 aliphatic heterocycles. The summed E-state index contributed by atoms with van der Waals surface area (Å²) in [5, 5.41) is 2.73. The average Bonchev–Trinajstić information content (AvgIpc) is 2.93. The molecule has 0 bridgehead atoms. The molecule has 116 valence electrons. The molecule has 5 nitrogen and oxygen atoms in total. The fraction of sp³-hybridized carbons (Fsp3) is 0.533. The van der Waals surface area contributed by atoms with E-state index < -0.39 is 10.8 Å². The minimum absolute atomic E-state index is 0.0318. The zero-order valence-electron chi connectivity index (χ0n) is 12.3. The molecule has 1 aromatic rings. The lowest BCUT2D eigenvalue weighted by Gasteiger charge is -2.12. The van der Waals surface area contributed by atoms with E-state index in [1.54, 1.807) is 18.2 Å². The van der Waals surface area contributed by atoms with Gasteiger partial charge in [-0.05, 0) is 30.9 Å². The third-order valence-corrected chi connectivity index (χ3v) is 5.12. The van der Waals surface area contributed by atoms with Crippen LogP contribution in [0.1, 0.15) is 25.7 Å².